The Morgan fingerprint density at radius 1 is 1.50 bits per heavy atom. The van der Waals surface area contributed by atoms with Crippen molar-refractivity contribution < 1.29 is 0 Å². The minimum absolute atomic E-state index is 0.492. The Hall–Kier alpha value is -1.84. The smallest absolute Gasteiger partial charge is 0.124 e. The third-order valence-corrected chi connectivity index (χ3v) is 1.75. The monoisotopic (exact) mass is 190 g/mol. The number of aryl methyl sites for hydroxylation is 1. The summed E-state index contributed by atoms with van der Waals surface area (Å²) >= 11 is 0. The summed E-state index contributed by atoms with van der Waals surface area (Å²) in [7, 11) is 1.69. The fraction of sp³-hybridized carbons (Fsp3) is 0.200. The summed E-state index contributed by atoms with van der Waals surface area (Å²) in [5.74, 6) is 0.492. The molecule has 14 heavy (non-hydrogen) atoms. The maximum atomic E-state index is 5.63. The molecule has 0 saturated carbocycles. The molecule has 0 bridgehead atoms. The summed E-state index contributed by atoms with van der Waals surface area (Å²) in [6, 6.07) is 3.72. The van der Waals surface area contributed by atoms with E-state index in [1.54, 1.807) is 13.1 Å². The average Bonchev–Trinajstić information content (AvgIpc) is 2.12. The van der Waals surface area contributed by atoms with Crippen LogP contribution in [0.1, 0.15) is 11.3 Å². The Bertz CT molecular complexity index is 359. The van der Waals surface area contributed by atoms with Gasteiger partial charge in [-0.05, 0) is 36.9 Å². The molecule has 0 saturated heterocycles. The van der Waals surface area contributed by atoms with Gasteiger partial charge in [0.05, 0.1) is 11.4 Å². The lowest BCUT2D eigenvalue weighted by atomic mass is 10.2. The van der Waals surface area contributed by atoms with E-state index >= 15 is 0 Å². The van der Waals surface area contributed by atoms with Crippen LogP contribution in [0.5, 0.6) is 0 Å². The number of aliphatic imine (C=N–C) groups is 1. The van der Waals surface area contributed by atoms with Gasteiger partial charge < -0.3 is 11.5 Å². The molecular weight excluding hydrogens is 176 g/mol. The van der Waals surface area contributed by atoms with Crippen molar-refractivity contribution in [1.82, 2.24) is 4.98 Å². The van der Waals surface area contributed by atoms with E-state index in [0.717, 1.165) is 17.0 Å². The zero-order valence-electron chi connectivity index (χ0n) is 8.36. The first kappa shape index (κ1) is 10.2. The van der Waals surface area contributed by atoms with Gasteiger partial charge >= 0.3 is 0 Å². The van der Waals surface area contributed by atoms with Crippen LogP contribution in [0, 0.1) is 6.92 Å². The fourth-order valence-electron chi connectivity index (χ4n) is 1.19. The minimum atomic E-state index is 0.492. The van der Waals surface area contributed by atoms with Crippen LogP contribution in [-0.4, -0.2) is 17.7 Å². The van der Waals surface area contributed by atoms with Gasteiger partial charge in [-0.2, -0.15) is 0 Å². The van der Waals surface area contributed by atoms with Crippen molar-refractivity contribution in [2.24, 2.45) is 10.7 Å². The molecule has 74 valence electrons. The highest BCUT2D eigenvalue weighted by Gasteiger charge is 2.02. The minimum Gasteiger partial charge on any atom is -0.405 e. The molecule has 0 aliphatic carbocycles. The van der Waals surface area contributed by atoms with Crippen LogP contribution < -0.4 is 11.5 Å². The van der Waals surface area contributed by atoms with Crippen molar-refractivity contribution in [3.8, 4) is 0 Å². The second-order valence-corrected chi connectivity index (χ2v) is 2.92. The Balaban J connectivity index is 3.17. The zero-order valence-corrected chi connectivity index (χ0v) is 8.36. The number of nitrogens with two attached hydrogens (primary N) is 2. The van der Waals surface area contributed by atoms with E-state index in [0.29, 0.717) is 5.82 Å². The molecule has 1 rings (SSSR count). The largest absolute Gasteiger partial charge is 0.405 e. The first-order valence-electron chi connectivity index (χ1n) is 4.27. The molecule has 0 unspecified atom stereocenters. The maximum absolute atomic E-state index is 5.63. The van der Waals surface area contributed by atoms with E-state index in [2.05, 4.69) is 9.98 Å². The first-order chi connectivity index (χ1) is 6.67. The standard InChI is InChI=1S/C10H14N4/c1-7-5-9(14-10(12)6-7)8(13-2)3-4-11/h3-6H,11H2,1-2H3,(H2,12,14)/b4-3-,13-8?. The van der Waals surface area contributed by atoms with E-state index < -0.39 is 0 Å². The number of pyridine rings is 1. The van der Waals surface area contributed by atoms with Crippen LogP contribution in [-0.2, 0) is 0 Å². The predicted molar refractivity (Wildman–Crippen MR) is 59.2 cm³/mol. The van der Waals surface area contributed by atoms with Crippen molar-refractivity contribution in [3.63, 3.8) is 0 Å². The molecule has 1 aromatic rings. The highest BCUT2D eigenvalue weighted by atomic mass is 14.9. The number of aromatic nitrogens is 1. The molecule has 1 heterocycles. The van der Waals surface area contributed by atoms with Crippen LogP contribution in [0.25, 0.3) is 0 Å². The van der Waals surface area contributed by atoms with Crippen molar-refractivity contribution >= 4 is 11.5 Å². The number of allylic oxidation sites excluding steroid dienone is 1. The van der Waals surface area contributed by atoms with Gasteiger partial charge in [0.15, 0.2) is 0 Å². The highest BCUT2D eigenvalue weighted by molar-refractivity contribution is 6.07. The Morgan fingerprint density at radius 2 is 2.21 bits per heavy atom. The summed E-state index contributed by atoms with van der Waals surface area (Å²) in [6.07, 6.45) is 3.13. The number of hydrogen-bond donors (Lipinski definition) is 2. The van der Waals surface area contributed by atoms with E-state index in [1.807, 2.05) is 19.1 Å². The molecule has 0 amide bonds. The maximum Gasteiger partial charge on any atom is 0.124 e. The molecule has 4 N–H and O–H groups in total. The van der Waals surface area contributed by atoms with Crippen molar-refractivity contribution in [1.29, 1.82) is 0 Å². The number of anilines is 1. The molecule has 4 nitrogen and oxygen atoms in total. The van der Waals surface area contributed by atoms with Crippen LogP contribution in [0.2, 0.25) is 0 Å². The topological polar surface area (TPSA) is 77.3 Å². The SMILES string of the molecule is CN=C(/C=C\N)c1cc(C)cc(N)n1. The van der Waals surface area contributed by atoms with Gasteiger partial charge in [-0.15, -0.1) is 0 Å². The van der Waals surface area contributed by atoms with Crippen molar-refractivity contribution in [3.05, 3.63) is 35.7 Å². The molecule has 0 fully saturated rings. The van der Waals surface area contributed by atoms with Gasteiger partial charge in [-0.25, -0.2) is 4.98 Å². The van der Waals surface area contributed by atoms with Gasteiger partial charge in [-0.1, -0.05) is 0 Å². The molecule has 0 aliphatic rings. The van der Waals surface area contributed by atoms with E-state index in [1.165, 1.54) is 6.20 Å². The number of rotatable bonds is 2. The number of nitrogens with zero attached hydrogens (tertiary/aromatic N) is 2. The molecule has 0 aromatic carbocycles. The van der Waals surface area contributed by atoms with E-state index in [9.17, 15) is 0 Å². The van der Waals surface area contributed by atoms with Gasteiger partial charge in [0, 0.05) is 7.05 Å². The molecule has 0 radical (unpaired) electrons. The molecule has 0 aliphatic heterocycles. The predicted octanol–water partition coefficient (Wildman–Crippen LogP) is 0.864. The molecule has 1 aromatic heterocycles. The first-order valence-corrected chi connectivity index (χ1v) is 4.27. The van der Waals surface area contributed by atoms with Crippen LogP contribution >= 0.6 is 0 Å². The Kier molecular flexibility index (Phi) is 3.23. The molecule has 4 heteroatoms. The van der Waals surface area contributed by atoms with Crippen LogP contribution in [0.15, 0.2) is 29.4 Å². The highest BCUT2D eigenvalue weighted by Crippen LogP contribution is 2.08. The lowest BCUT2D eigenvalue weighted by Crippen LogP contribution is -2.04. The summed E-state index contributed by atoms with van der Waals surface area (Å²) in [4.78, 5) is 8.23. The van der Waals surface area contributed by atoms with E-state index in [4.69, 9.17) is 11.5 Å². The van der Waals surface area contributed by atoms with Gasteiger partial charge in [0.2, 0.25) is 0 Å². The second-order valence-electron chi connectivity index (χ2n) is 2.92. The van der Waals surface area contributed by atoms with Crippen molar-refractivity contribution in [2.45, 2.75) is 6.92 Å². The molecule has 0 atom stereocenters. The number of nitrogen functional groups attached to an aromatic ring is 1. The Morgan fingerprint density at radius 3 is 2.71 bits per heavy atom. The summed E-state index contributed by atoms with van der Waals surface area (Å²) in [5.41, 5.74) is 13.4. The lowest BCUT2D eigenvalue weighted by Gasteiger charge is -2.02. The second kappa shape index (κ2) is 4.41. The number of hydrogen-bond acceptors (Lipinski definition) is 4. The van der Waals surface area contributed by atoms with Gasteiger partial charge in [0.1, 0.15) is 5.82 Å². The summed E-state index contributed by atoms with van der Waals surface area (Å²) in [6.45, 7) is 1.96. The zero-order chi connectivity index (χ0) is 10.6. The van der Waals surface area contributed by atoms with Gasteiger partial charge in [0.25, 0.3) is 0 Å². The lowest BCUT2D eigenvalue weighted by molar-refractivity contribution is 1.25. The third kappa shape index (κ3) is 2.32. The summed E-state index contributed by atoms with van der Waals surface area (Å²) in [5, 5.41) is 0. The van der Waals surface area contributed by atoms with Crippen LogP contribution in [0.3, 0.4) is 0 Å². The van der Waals surface area contributed by atoms with Crippen molar-refractivity contribution in [2.75, 3.05) is 12.8 Å². The third-order valence-electron chi connectivity index (χ3n) is 1.75. The quantitative estimate of drug-likeness (QED) is 0.679. The van der Waals surface area contributed by atoms with E-state index in [-0.39, 0.29) is 0 Å². The Labute approximate surface area is 83.4 Å². The van der Waals surface area contributed by atoms with Crippen LogP contribution in [0.4, 0.5) is 5.82 Å². The molecule has 0 spiro atoms. The summed E-state index contributed by atoms with van der Waals surface area (Å²) < 4.78 is 0. The normalized spacial score (nSPS) is 12.3. The molecular formula is C10H14N4. The fourth-order valence-corrected chi connectivity index (χ4v) is 1.19. The average molecular weight is 190 g/mol. The van der Waals surface area contributed by atoms with Gasteiger partial charge in [-0.3, -0.25) is 4.99 Å².